The van der Waals surface area contributed by atoms with Crippen LogP contribution in [0.4, 0.5) is 0 Å². The molecule has 1 amide bonds. The molecule has 0 aromatic carbocycles. The number of aromatic nitrogens is 1. The predicted molar refractivity (Wildman–Crippen MR) is 89.8 cm³/mol. The Morgan fingerprint density at radius 1 is 1.52 bits per heavy atom. The Labute approximate surface area is 137 Å². The zero-order chi connectivity index (χ0) is 14.8. The monoisotopic (exact) mass is 366 g/mol. The highest BCUT2D eigenvalue weighted by Crippen LogP contribution is 2.35. The van der Waals surface area contributed by atoms with Crippen molar-refractivity contribution in [3.63, 3.8) is 0 Å². The lowest BCUT2D eigenvalue weighted by molar-refractivity contribution is 0.0726. The Bertz CT molecular complexity index is 620. The minimum absolute atomic E-state index is 0.157. The number of carbonyl (C=O) groups excluding carboxylic acids is 1. The lowest BCUT2D eigenvalue weighted by atomic mass is 10.2. The van der Waals surface area contributed by atoms with Crippen LogP contribution in [0.25, 0.3) is 0 Å². The van der Waals surface area contributed by atoms with Gasteiger partial charge < -0.3 is 9.47 Å². The van der Waals surface area contributed by atoms with Crippen LogP contribution in [0.15, 0.2) is 34.2 Å². The molecule has 1 aliphatic rings. The van der Waals surface area contributed by atoms with E-state index in [0.29, 0.717) is 0 Å². The molecule has 112 valence electrons. The summed E-state index contributed by atoms with van der Waals surface area (Å²) in [6.45, 7) is 3.87. The van der Waals surface area contributed by atoms with Gasteiger partial charge in [0.25, 0.3) is 5.91 Å². The summed E-state index contributed by atoms with van der Waals surface area (Å²) in [5.74, 6) is 0.157. The molecule has 1 saturated heterocycles. The minimum Gasteiger partial charge on any atom is -0.342 e. The van der Waals surface area contributed by atoms with Crippen molar-refractivity contribution >= 4 is 33.2 Å². The zero-order valence-corrected chi connectivity index (χ0v) is 14.5. The SMILES string of the molecule is CCCn1cc(Br)cc1C(=O)N1CCCC1c1cccs1. The van der Waals surface area contributed by atoms with Gasteiger partial charge in [0.15, 0.2) is 0 Å². The van der Waals surface area contributed by atoms with Gasteiger partial charge in [-0.2, -0.15) is 0 Å². The fraction of sp³-hybridized carbons (Fsp3) is 0.438. The molecule has 5 heteroatoms. The van der Waals surface area contributed by atoms with Gasteiger partial charge in [-0.05, 0) is 52.7 Å². The molecule has 3 nitrogen and oxygen atoms in total. The molecule has 0 spiro atoms. The third-order valence-electron chi connectivity index (χ3n) is 3.93. The van der Waals surface area contributed by atoms with E-state index in [-0.39, 0.29) is 11.9 Å². The van der Waals surface area contributed by atoms with Gasteiger partial charge >= 0.3 is 0 Å². The molecule has 1 fully saturated rings. The fourth-order valence-electron chi connectivity index (χ4n) is 3.01. The van der Waals surface area contributed by atoms with E-state index < -0.39 is 0 Å². The first kappa shape index (κ1) is 14.9. The van der Waals surface area contributed by atoms with E-state index >= 15 is 0 Å². The van der Waals surface area contributed by atoms with Crippen LogP contribution in [0.1, 0.15) is 47.6 Å². The maximum Gasteiger partial charge on any atom is 0.271 e. The van der Waals surface area contributed by atoms with Gasteiger partial charge in [0.05, 0.1) is 6.04 Å². The van der Waals surface area contributed by atoms with E-state index in [1.807, 2.05) is 17.2 Å². The highest BCUT2D eigenvalue weighted by Gasteiger charge is 2.32. The average Bonchev–Trinajstić information content (AvgIpc) is 3.17. The molecule has 0 N–H and O–H groups in total. The van der Waals surface area contributed by atoms with Crippen molar-refractivity contribution in [1.29, 1.82) is 0 Å². The molecule has 0 saturated carbocycles. The van der Waals surface area contributed by atoms with Gasteiger partial charge in [-0.1, -0.05) is 13.0 Å². The summed E-state index contributed by atoms with van der Waals surface area (Å²) in [6, 6.07) is 6.41. The number of likely N-dealkylation sites (tertiary alicyclic amines) is 1. The van der Waals surface area contributed by atoms with Crippen molar-refractivity contribution in [2.24, 2.45) is 0 Å². The molecule has 0 aliphatic carbocycles. The molecule has 1 unspecified atom stereocenters. The van der Waals surface area contributed by atoms with E-state index in [9.17, 15) is 4.79 Å². The first-order valence-electron chi connectivity index (χ1n) is 7.40. The van der Waals surface area contributed by atoms with Crippen LogP contribution < -0.4 is 0 Å². The summed E-state index contributed by atoms with van der Waals surface area (Å²) >= 11 is 5.24. The number of thiophene rings is 1. The van der Waals surface area contributed by atoms with E-state index in [2.05, 4.69) is 44.9 Å². The first-order chi connectivity index (χ1) is 10.2. The zero-order valence-electron chi connectivity index (χ0n) is 12.1. The standard InChI is InChI=1S/C16H19BrN2OS/c1-2-7-18-11-12(17)10-14(18)16(20)19-8-3-5-13(19)15-6-4-9-21-15/h4,6,9-11,13H,2-3,5,7-8H2,1H3. The Hall–Kier alpha value is -1.07. The fourth-order valence-corrected chi connectivity index (χ4v) is 4.35. The second-order valence-electron chi connectivity index (χ2n) is 5.41. The quantitative estimate of drug-likeness (QED) is 0.769. The van der Waals surface area contributed by atoms with Crippen LogP contribution >= 0.6 is 27.3 Å². The number of nitrogens with zero attached hydrogens (tertiary/aromatic N) is 2. The minimum atomic E-state index is 0.157. The van der Waals surface area contributed by atoms with Crippen LogP contribution in [0, 0.1) is 0 Å². The predicted octanol–water partition coefficient (Wildman–Crippen LogP) is 4.70. The van der Waals surface area contributed by atoms with E-state index in [0.717, 1.165) is 42.5 Å². The average molecular weight is 367 g/mol. The maximum absolute atomic E-state index is 13.0. The lowest BCUT2D eigenvalue weighted by Gasteiger charge is -2.24. The first-order valence-corrected chi connectivity index (χ1v) is 9.08. The lowest BCUT2D eigenvalue weighted by Crippen LogP contribution is -2.31. The number of aryl methyl sites for hydroxylation is 1. The summed E-state index contributed by atoms with van der Waals surface area (Å²) in [4.78, 5) is 16.3. The van der Waals surface area contributed by atoms with Crippen LogP contribution in [0.3, 0.4) is 0 Å². The highest BCUT2D eigenvalue weighted by atomic mass is 79.9. The van der Waals surface area contributed by atoms with Gasteiger partial charge in [-0.3, -0.25) is 4.79 Å². The van der Waals surface area contributed by atoms with Crippen molar-refractivity contribution in [2.75, 3.05) is 6.54 Å². The Kier molecular flexibility index (Phi) is 4.50. The molecule has 1 aliphatic heterocycles. The van der Waals surface area contributed by atoms with Gasteiger partial charge in [-0.15, -0.1) is 11.3 Å². The van der Waals surface area contributed by atoms with E-state index in [1.165, 1.54) is 4.88 Å². The third-order valence-corrected chi connectivity index (χ3v) is 5.34. The second kappa shape index (κ2) is 6.36. The van der Waals surface area contributed by atoms with E-state index in [4.69, 9.17) is 0 Å². The van der Waals surface area contributed by atoms with Crippen molar-refractivity contribution < 1.29 is 4.79 Å². The summed E-state index contributed by atoms with van der Waals surface area (Å²) < 4.78 is 3.04. The highest BCUT2D eigenvalue weighted by molar-refractivity contribution is 9.10. The summed E-state index contributed by atoms with van der Waals surface area (Å²) in [7, 11) is 0. The van der Waals surface area contributed by atoms with Crippen LogP contribution in [0.2, 0.25) is 0 Å². The molecule has 21 heavy (non-hydrogen) atoms. The summed E-state index contributed by atoms with van der Waals surface area (Å²) in [6.07, 6.45) is 5.19. The van der Waals surface area contributed by atoms with Crippen molar-refractivity contribution in [1.82, 2.24) is 9.47 Å². The summed E-state index contributed by atoms with van der Waals surface area (Å²) in [5, 5.41) is 2.09. The van der Waals surface area contributed by atoms with Crippen molar-refractivity contribution in [3.05, 3.63) is 44.8 Å². The number of hydrogen-bond donors (Lipinski definition) is 0. The number of rotatable bonds is 4. The molecule has 0 bridgehead atoms. The maximum atomic E-state index is 13.0. The van der Waals surface area contributed by atoms with Gasteiger partial charge in [0.2, 0.25) is 0 Å². The molecule has 1 atom stereocenters. The number of halogens is 1. The number of hydrogen-bond acceptors (Lipinski definition) is 2. The molecule has 3 heterocycles. The molecule has 2 aromatic heterocycles. The Morgan fingerprint density at radius 3 is 3.10 bits per heavy atom. The normalized spacial score (nSPS) is 18.4. The molecule has 2 aromatic rings. The van der Waals surface area contributed by atoms with E-state index in [1.54, 1.807) is 11.3 Å². The van der Waals surface area contributed by atoms with Gasteiger partial charge in [0, 0.05) is 28.6 Å². The largest absolute Gasteiger partial charge is 0.342 e. The molecular weight excluding hydrogens is 348 g/mol. The van der Waals surface area contributed by atoms with Crippen molar-refractivity contribution in [2.45, 2.75) is 38.8 Å². The molecule has 3 rings (SSSR count). The molecular formula is C16H19BrN2OS. The van der Waals surface area contributed by atoms with Crippen LogP contribution in [-0.4, -0.2) is 21.9 Å². The number of carbonyl (C=O) groups is 1. The van der Waals surface area contributed by atoms with Crippen molar-refractivity contribution in [3.8, 4) is 0 Å². The number of amides is 1. The Balaban J connectivity index is 1.87. The molecule has 0 radical (unpaired) electrons. The Morgan fingerprint density at radius 2 is 2.38 bits per heavy atom. The van der Waals surface area contributed by atoms with Crippen LogP contribution in [0.5, 0.6) is 0 Å². The topological polar surface area (TPSA) is 25.2 Å². The van der Waals surface area contributed by atoms with Gasteiger partial charge in [0.1, 0.15) is 5.69 Å². The van der Waals surface area contributed by atoms with Gasteiger partial charge in [-0.25, -0.2) is 0 Å². The summed E-state index contributed by atoms with van der Waals surface area (Å²) in [5.41, 5.74) is 0.798. The van der Waals surface area contributed by atoms with Crippen LogP contribution in [-0.2, 0) is 6.54 Å². The third kappa shape index (κ3) is 2.94. The smallest absolute Gasteiger partial charge is 0.271 e. The second-order valence-corrected chi connectivity index (χ2v) is 7.30.